The normalized spacial score (nSPS) is 9.50. The van der Waals surface area contributed by atoms with Gasteiger partial charge in [-0.3, -0.25) is 0 Å². The van der Waals surface area contributed by atoms with E-state index in [-0.39, 0.29) is 6.61 Å². The van der Waals surface area contributed by atoms with Crippen LogP contribution in [-0.2, 0) is 4.74 Å². The van der Waals surface area contributed by atoms with Crippen molar-refractivity contribution in [3.63, 3.8) is 0 Å². The Balaban J connectivity index is 3.05. The molecule has 0 fully saturated rings. The lowest BCUT2D eigenvalue weighted by Crippen LogP contribution is -2.12. The van der Waals surface area contributed by atoms with Crippen LogP contribution in [0.2, 0.25) is 0 Å². The van der Waals surface area contributed by atoms with E-state index >= 15 is 0 Å². The van der Waals surface area contributed by atoms with Crippen molar-refractivity contribution in [2.75, 3.05) is 6.61 Å². The van der Waals surface area contributed by atoms with Gasteiger partial charge in [0.2, 0.25) is 0 Å². The minimum absolute atomic E-state index is 0.0197. The maximum absolute atomic E-state index is 9.76. The van der Waals surface area contributed by atoms with E-state index in [1.54, 1.807) is 0 Å². The fourth-order valence-corrected chi connectivity index (χ4v) is 0.173. The molecule has 46 valence electrons. The number of hydrogen-bond donors (Lipinski definition) is 2. The predicted octanol–water partition coefficient (Wildman–Crippen LogP) is 0.153. The molecule has 0 aromatic rings. The Bertz CT molecular complexity index is 99.5. The summed E-state index contributed by atoms with van der Waals surface area (Å²) in [5, 5.41) is 7.97. The van der Waals surface area contributed by atoms with Gasteiger partial charge in [-0.1, -0.05) is 0 Å². The average molecular weight is 117 g/mol. The fraction of sp³-hybridized carbons (Fsp3) is 0.250. The number of ether oxygens (including phenoxy) is 1. The lowest BCUT2D eigenvalue weighted by molar-refractivity contribution is 0.168. The number of amides is 1. The number of rotatable bonds is 2. The predicted molar refractivity (Wildman–Crippen MR) is 27.3 cm³/mol. The van der Waals surface area contributed by atoms with E-state index in [1.165, 1.54) is 6.08 Å². The van der Waals surface area contributed by atoms with Crippen molar-refractivity contribution in [3.8, 4) is 0 Å². The summed E-state index contributed by atoms with van der Waals surface area (Å²) in [5.74, 6) is 0. The Labute approximate surface area is 46.6 Å². The standard InChI is InChI=1S/C4H7NO3/c5-4(7)8-3-1-2-6/h1-2,6H,3H2,(H2,5,7). The maximum Gasteiger partial charge on any atom is 0.404 e. The van der Waals surface area contributed by atoms with E-state index in [0.717, 1.165) is 6.26 Å². The number of carbonyl (C=O) groups excluding carboxylic acids is 1. The fourth-order valence-electron chi connectivity index (χ4n) is 0.173. The van der Waals surface area contributed by atoms with E-state index in [9.17, 15) is 4.79 Å². The molecule has 4 heteroatoms. The monoisotopic (exact) mass is 117 g/mol. The molecule has 1 amide bonds. The van der Waals surface area contributed by atoms with Gasteiger partial charge >= 0.3 is 6.09 Å². The SMILES string of the molecule is NC(=O)OCC=CO. The van der Waals surface area contributed by atoms with E-state index in [0.29, 0.717) is 0 Å². The van der Waals surface area contributed by atoms with Crippen LogP contribution in [-0.4, -0.2) is 17.8 Å². The van der Waals surface area contributed by atoms with Gasteiger partial charge in [-0.15, -0.1) is 0 Å². The van der Waals surface area contributed by atoms with E-state index in [1.807, 2.05) is 0 Å². The van der Waals surface area contributed by atoms with Gasteiger partial charge in [0.25, 0.3) is 0 Å². The maximum atomic E-state index is 9.76. The van der Waals surface area contributed by atoms with Crippen molar-refractivity contribution in [1.29, 1.82) is 0 Å². The minimum Gasteiger partial charge on any atom is -0.516 e. The highest BCUT2D eigenvalue weighted by molar-refractivity contribution is 5.64. The second kappa shape index (κ2) is 3.98. The number of aliphatic hydroxyl groups excluding tert-OH is 1. The molecule has 0 radical (unpaired) electrons. The molecule has 0 bridgehead atoms. The zero-order chi connectivity index (χ0) is 6.41. The van der Waals surface area contributed by atoms with Crippen LogP contribution in [0.5, 0.6) is 0 Å². The summed E-state index contributed by atoms with van der Waals surface area (Å²) in [5.41, 5.74) is 4.56. The van der Waals surface area contributed by atoms with Crippen LogP contribution in [0.4, 0.5) is 4.79 Å². The van der Waals surface area contributed by atoms with Gasteiger partial charge in [0.05, 0.1) is 6.26 Å². The summed E-state index contributed by atoms with van der Waals surface area (Å²) in [7, 11) is 0. The minimum atomic E-state index is -0.844. The summed E-state index contributed by atoms with van der Waals surface area (Å²) in [6, 6.07) is 0. The molecule has 0 atom stereocenters. The molecule has 3 N–H and O–H groups in total. The topological polar surface area (TPSA) is 72.6 Å². The Morgan fingerprint density at radius 2 is 2.50 bits per heavy atom. The average Bonchev–Trinajstić information content (AvgIpc) is 1.66. The largest absolute Gasteiger partial charge is 0.516 e. The van der Waals surface area contributed by atoms with Crippen LogP contribution in [0, 0.1) is 0 Å². The lowest BCUT2D eigenvalue weighted by atomic mass is 10.7. The molecule has 8 heavy (non-hydrogen) atoms. The number of hydrogen-bond acceptors (Lipinski definition) is 3. The molecule has 0 aromatic carbocycles. The van der Waals surface area contributed by atoms with Crippen LogP contribution < -0.4 is 5.73 Å². The Morgan fingerprint density at radius 3 is 2.88 bits per heavy atom. The van der Waals surface area contributed by atoms with Gasteiger partial charge in [-0.25, -0.2) is 4.79 Å². The molecule has 0 aliphatic heterocycles. The summed E-state index contributed by atoms with van der Waals surface area (Å²) in [6.07, 6.45) is 1.19. The first-order valence-electron chi connectivity index (χ1n) is 1.99. The summed E-state index contributed by atoms with van der Waals surface area (Å²) < 4.78 is 4.17. The first-order valence-corrected chi connectivity index (χ1v) is 1.99. The Morgan fingerprint density at radius 1 is 1.88 bits per heavy atom. The van der Waals surface area contributed by atoms with Crippen molar-refractivity contribution in [1.82, 2.24) is 0 Å². The Kier molecular flexibility index (Phi) is 3.39. The van der Waals surface area contributed by atoms with Crippen molar-refractivity contribution in [2.24, 2.45) is 5.73 Å². The molecule has 4 nitrogen and oxygen atoms in total. The van der Waals surface area contributed by atoms with Crippen molar-refractivity contribution >= 4 is 6.09 Å². The summed E-state index contributed by atoms with van der Waals surface area (Å²) in [6.45, 7) is 0.0197. The quantitative estimate of drug-likeness (QED) is 0.506. The van der Waals surface area contributed by atoms with Gasteiger partial charge in [-0.05, 0) is 6.08 Å². The molecule has 0 unspecified atom stereocenters. The van der Waals surface area contributed by atoms with E-state index in [4.69, 9.17) is 5.11 Å². The van der Waals surface area contributed by atoms with Gasteiger partial charge in [0, 0.05) is 0 Å². The zero-order valence-electron chi connectivity index (χ0n) is 4.20. The third-order valence-electron chi connectivity index (χ3n) is 0.427. The molecule has 0 aliphatic rings. The molecular weight excluding hydrogens is 110 g/mol. The van der Waals surface area contributed by atoms with Crippen molar-refractivity contribution in [3.05, 3.63) is 12.3 Å². The third-order valence-corrected chi connectivity index (χ3v) is 0.427. The Hall–Kier alpha value is -1.19. The smallest absolute Gasteiger partial charge is 0.404 e. The van der Waals surface area contributed by atoms with E-state index in [2.05, 4.69) is 10.5 Å². The highest BCUT2D eigenvalue weighted by Gasteiger charge is 1.85. The summed E-state index contributed by atoms with van der Waals surface area (Å²) >= 11 is 0. The van der Waals surface area contributed by atoms with Gasteiger partial charge in [0.15, 0.2) is 0 Å². The first-order chi connectivity index (χ1) is 3.77. The number of aliphatic hydroxyl groups is 1. The van der Waals surface area contributed by atoms with Gasteiger partial charge in [0.1, 0.15) is 6.61 Å². The molecule has 0 spiro atoms. The molecule has 0 heterocycles. The lowest BCUT2D eigenvalue weighted by Gasteiger charge is -1.91. The van der Waals surface area contributed by atoms with Crippen LogP contribution >= 0.6 is 0 Å². The van der Waals surface area contributed by atoms with Crippen LogP contribution in [0.15, 0.2) is 12.3 Å². The molecule has 0 aliphatic carbocycles. The number of primary amides is 1. The third kappa shape index (κ3) is 4.81. The van der Waals surface area contributed by atoms with Crippen LogP contribution in [0.1, 0.15) is 0 Å². The first kappa shape index (κ1) is 6.81. The van der Waals surface area contributed by atoms with Crippen molar-refractivity contribution in [2.45, 2.75) is 0 Å². The number of carbonyl (C=O) groups is 1. The van der Waals surface area contributed by atoms with Crippen LogP contribution in [0.3, 0.4) is 0 Å². The van der Waals surface area contributed by atoms with Crippen molar-refractivity contribution < 1.29 is 14.6 Å². The highest BCUT2D eigenvalue weighted by Crippen LogP contribution is 1.73. The second-order valence-corrected chi connectivity index (χ2v) is 1.01. The highest BCUT2D eigenvalue weighted by atomic mass is 16.5. The molecule has 0 rings (SSSR count). The molecular formula is C4H7NO3. The van der Waals surface area contributed by atoms with Gasteiger partial charge < -0.3 is 15.6 Å². The summed E-state index contributed by atoms with van der Waals surface area (Å²) in [4.78, 5) is 9.76. The zero-order valence-corrected chi connectivity index (χ0v) is 4.20. The molecule has 0 saturated carbocycles. The second-order valence-electron chi connectivity index (χ2n) is 1.01. The molecule has 0 saturated heterocycles. The van der Waals surface area contributed by atoms with Gasteiger partial charge in [-0.2, -0.15) is 0 Å². The van der Waals surface area contributed by atoms with E-state index < -0.39 is 6.09 Å². The van der Waals surface area contributed by atoms with Crippen LogP contribution in [0.25, 0.3) is 0 Å². The number of nitrogens with two attached hydrogens (primary N) is 1. The molecule has 0 aromatic heterocycles.